The second-order valence-corrected chi connectivity index (χ2v) is 17.0. The van der Waals surface area contributed by atoms with Crippen LogP contribution in [0.3, 0.4) is 0 Å². The summed E-state index contributed by atoms with van der Waals surface area (Å²) in [6.07, 6.45) is 9.62. The van der Waals surface area contributed by atoms with Crippen LogP contribution in [-0.2, 0) is 25.1 Å². The zero-order valence-corrected chi connectivity index (χ0v) is 28.0. The summed E-state index contributed by atoms with van der Waals surface area (Å²) in [5.41, 5.74) is 4.71. The van der Waals surface area contributed by atoms with Crippen LogP contribution in [0.2, 0.25) is 0 Å². The second-order valence-electron chi connectivity index (χ2n) is 17.0. The molecule has 2 aliphatic carbocycles. The van der Waals surface area contributed by atoms with E-state index in [-0.39, 0.29) is 52.0 Å². The molecule has 12 rings (SSSR count). The van der Waals surface area contributed by atoms with E-state index >= 15 is 0 Å². The van der Waals surface area contributed by atoms with Crippen molar-refractivity contribution in [2.24, 2.45) is 11.3 Å². The van der Waals surface area contributed by atoms with Crippen LogP contribution in [0, 0.1) is 11.3 Å². The average molecular weight is 645 g/mol. The number of para-hydroxylation sites is 2. The first-order chi connectivity index (χ1) is 23.3. The molecule has 248 valence electrons. The van der Waals surface area contributed by atoms with Crippen LogP contribution in [-0.4, -0.2) is 88.7 Å². The van der Waals surface area contributed by atoms with Crippen LogP contribution in [0.5, 0.6) is 0 Å². The highest BCUT2D eigenvalue weighted by Crippen LogP contribution is 2.82. The summed E-state index contributed by atoms with van der Waals surface area (Å²) in [6, 6.07) is 18.5. The maximum absolute atomic E-state index is 14.0. The van der Waals surface area contributed by atoms with Crippen molar-refractivity contribution in [1.82, 2.24) is 9.80 Å². The molecule has 2 aromatic carbocycles. The van der Waals surface area contributed by atoms with Crippen molar-refractivity contribution >= 4 is 17.3 Å². The number of benzene rings is 2. The Hall–Kier alpha value is -3.17. The van der Waals surface area contributed by atoms with E-state index in [1.165, 1.54) is 23.9 Å². The molecule has 1 saturated carbocycles. The Labute approximate surface area is 281 Å². The van der Waals surface area contributed by atoms with Crippen molar-refractivity contribution in [3.05, 3.63) is 83.1 Å². The lowest BCUT2D eigenvalue weighted by molar-refractivity contribution is -0.193. The molecule has 0 aromatic heterocycles. The van der Waals surface area contributed by atoms with Crippen LogP contribution in [0.25, 0.3) is 0 Å². The molecule has 8 aliphatic heterocycles. The number of nitrogens with zero attached hydrogens (tertiary/aromatic N) is 3. The molecule has 48 heavy (non-hydrogen) atoms. The summed E-state index contributed by atoms with van der Waals surface area (Å²) in [5, 5.41) is 15.9. The summed E-state index contributed by atoms with van der Waals surface area (Å²) in [6.45, 7) is 7.28. The molecule has 0 amide bonds. The van der Waals surface area contributed by atoms with E-state index in [0.717, 1.165) is 68.7 Å². The highest BCUT2D eigenvalue weighted by molar-refractivity contribution is 5.94. The maximum Gasteiger partial charge on any atom is 0.335 e. The summed E-state index contributed by atoms with van der Waals surface area (Å²) in [7, 11) is 1.54. The van der Waals surface area contributed by atoms with Gasteiger partial charge in [0.05, 0.1) is 46.8 Å². The molecule has 6 bridgehead atoms. The largest absolute Gasteiger partial charge is 0.466 e. The molecule has 6 fully saturated rings. The highest BCUT2D eigenvalue weighted by Gasteiger charge is 2.91. The van der Waals surface area contributed by atoms with Crippen molar-refractivity contribution in [3.63, 3.8) is 0 Å². The van der Waals surface area contributed by atoms with Gasteiger partial charge >= 0.3 is 5.97 Å². The fourth-order valence-corrected chi connectivity index (χ4v) is 15.2. The van der Waals surface area contributed by atoms with Gasteiger partial charge < -0.3 is 24.8 Å². The minimum atomic E-state index is -0.565. The van der Waals surface area contributed by atoms with Gasteiger partial charge in [0.2, 0.25) is 0 Å². The van der Waals surface area contributed by atoms with Gasteiger partial charge in [0.15, 0.2) is 5.72 Å². The molecule has 2 aromatic rings. The van der Waals surface area contributed by atoms with Crippen LogP contribution < -0.4 is 10.2 Å². The molecular formula is C40H44N4O4. The standard InChI is InChI=1S/C40H44N4O4/c1-4-37-22-36-20-24(32(46)47-3)30-38(25-10-5-7-12-28(25)41-30)15-19-43(36)31(37)27-21-35(23(2)45)14-9-17-42-18-16-39(33(35)42)26-11-6-8-13-29(26)44(34(36)38)40(27,39)48-37/h5-14,23,27,31,33-34,41,45H,4,15-22H2,1-3H3. The second kappa shape index (κ2) is 8.07. The predicted octanol–water partition coefficient (Wildman–Crippen LogP) is 4.44. The maximum atomic E-state index is 14.0. The smallest absolute Gasteiger partial charge is 0.335 e. The fraction of sp³-hybridized carbons (Fsp3) is 0.575. The summed E-state index contributed by atoms with van der Waals surface area (Å²) in [5.74, 6) is -0.0199. The van der Waals surface area contributed by atoms with Crippen molar-refractivity contribution in [2.75, 3.05) is 37.0 Å². The van der Waals surface area contributed by atoms with Crippen LogP contribution in [0.4, 0.5) is 11.4 Å². The van der Waals surface area contributed by atoms with Gasteiger partial charge in [-0.1, -0.05) is 55.5 Å². The van der Waals surface area contributed by atoms with Crippen molar-refractivity contribution in [2.45, 2.75) is 104 Å². The molecular weight excluding hydrogens is 600 g/mol. The lowest BCUT2D eigenvalue weighted by Gasteiger charge is -2.66. The lowest BCUT2D eigenvalue weighted by Crippen LogP contribution is -2.78. The third-order valence-corrected chi connectivity index (χ3v) is 16.1. The van der Waals surface area contributed by atoms with Crippen molar-refractivity contribution in [3.8, 4) is 0 Å². The average Bonchev–Trinajstić information content (AvgIpc) is 3.83. The van der Waals surface area contributed by atoms with Gasteiger partial charge in [-0.05, 0) is 68.8 Å². The molecule has 8 heterocycles. The van der Waals surface area contributed by atoms with E-state index in [9.17, 15) is 9.90 Å². The number of carbonyl (C=O) groups excluding carboxylic acids is 1. The number of ether oxygens (including phenoxy) is 2. The Balaban J connectivity index is 1.24. The van der Waals surface area contributed by atoms with E-state index < -0.39 is 17.2 Å². The molecule has 10 aliphatic rings. The van der Waals surface area contributed by atoms with Crippen LogP contribution in [0.15, 0.2) is 72.0 Å². The normalized spacial score (nSPS) is 49.2. The Bertz CT molecular complexity index is 1940. The molecule has 8 nitrogen and oxygen atoms in total. The number of hydrogen-bond acceptors (Lipinski definition) is 8. The molecule has 0 radical (unpaired) electrons. The van der Waals surface area contributed by atoms with Gasteiger partial charge in [-0.25, -0.2) is 4.79 Å². The fourth-order valence-electron chi connectivity index (χ4n) is 15.2. The monoisotopic (exact) mass is 644 g/mol. The number of aliphatic hydroxyl groups excluding tert-OH is 1. The Morgan fingerprint density at radius 1 is 1.10 bits per heavy atom. The number of methoxy groups -OCH3 is 1. The first kappa shape index (κ1) is 27.6. The molecule has 8 heteroatoms. The van der Waals surface area contributed by atoms with Crippen molar-refractivity contribution in [1.29, 1.82) is 0 Å². The third-order valence-electron chi connectivity index (χ3n) is 16.1. The number of piperidine rings is 1. The Morgan fingerprint density at radius 2 is 1.92 bits per heavy atom. The quantitative estimate of drug-likeness (QED) is 0.375. The highest BCUT2D eigenvalue weighted by atomic mass is 16.6. The third kappa shape index (κ3) is 2.37. The number of anilines is 2. The number of fused-ring (bicyclic) bond motifs is 3. The first-order valence-electron chi connectivity index (χ1n) is 18.4. The first-order valence-corrected chi connectivity index (χ1v) is 18.4. The molecule has 12 atom stereocenters. The zero-order chi connectivity index (χ0) is 32.2. The molecule has 12 unspecified atom stereocenters. The van der Waals surface area contributed by atoms with E-state index in [0.29, 0.717) is 6.42 Å². The number of esters is 1. The van der Waals surface area contributed by atoms with Gasteiger partial charge in [0.25, 0.3) is 0 Å². The van der Waals surface area contributed by atoms with Gasteiger partial charge in [-0.3, -0.25) is 9.80 Å². The van der Waals surface area contributed by atoms with E-state index in [4.69, 9.17) is 9.47 Å². The number of rotatable bonds is 3. The predicted molar refractivity (Wildman–Crippen MR) is 180 cm³/mol. The van der Waals surface area contributed by atoms with Gasteiger partial charge in [-0.2, -0.15) is 0 Å². The summed E-state index contributed by atoms with van der Waals surface area (Å²) in [4.78, 5) is 22.4. The van der Waals surface area contributed by atoms with Gasteiger partial charge in [-0.15, -0.1) is 0 Å². The molecule has 5 saturated heterocycles. The topological polar surface area (TPSA) is 77.5 Å². The SMILES string of the molecule is CCC12CC34CC(C(=O)OC)=C5Nc6ccccc6C56CCN3C1C1CC3(C(C)O)C=CCN5CCC7(c8ccccc8N(C64)C17O2)C53. The van der Waals surface area contributed by atoms with E-state index in [1.807, 2.05) is 0 Å². The number of nitrogens with one attached hydrogen (secondary N) is 1. The molecule has 4 spiro atoms. The Morgan fingerprint density at radius 3 is 2.73 bits per heavy atom. The zero-order valence-electron chi connectivity index (χ0n) is 28.0. The van der Waals surface area contributed by atoms with Gasteiger partial charge in [0.1, 0.15) is 0 Å². The number of hydrogen-bond donors (Lipinski definition) is 2. The van der Waals surface area contributed by atoms with Crippen LogP contribution in [0.1, 0.15) is 63.5 Å². The number of aliphatic hydroxyl groups is 1. The van der Waals surface area contributed by atoms with E-state index in [1.54, 1.807) is 0 Å². The minimum Gasteiger partial charge on any atom is -0.466 e. The molecule has 2 N–H and O–H groups in total. The number of carbonyl (C=O) groups is 1. The Kier molecular flexibility index (Phi) is 4.64. The summed E-state index contributed by atoms with van der Waals surface area (Å²) >= 11 is 0. The van der Waals surface area contributed by atoms with Gasteiger partial charge in [0, 0.05) is 60.0 Å². The minimum absolute atomic E-state index is 0.0643. The van der Waals surface area contributed by atoms with E-state index in [2.05, 4.69) is 94.5 Å². The lowest BCUT2D eigenvalue weighted by atomic mass is 9.47. The summed E-state index contributed by atoms with van der Waals surface area (Å²) < 4.78 is 13.9. The van der Waals surface area contributed by atoms with Crippen molar-refractivity contribution < 1.29 is 19.4 Å². The van der Waals surface area contributed by atoms with Crippen LogP contribution >= 0.6 is 0 Å².